The minimum Gasteiger partial charge on any atom is -0.272 e. The molecule has 8 heteroatoms. The first-order valence-electron chi connectivity index (χ1n) is 6.23. The molecule has 0 aromatic rings. The van der Waals surface area contributed by atoms with Crippen LogP contribution < -0.4 is 0 Å². The molecule has 2 fully saturated rings. The van der Waals surface area contributed by atoms with Gasteiger partial charge in [0.05, 0.1) is 38.3 Å². The van der Waals surface area contributed by atoms with Gasteiger partial charge < -0.3 is 0 Å². The van der Waals surface area contributed by atoms with Crippen molar-refractivity contribution in [3.8, 4) is 0 Å². The molecule has 2 aliphatic carbocycles. The standard InChI is InChI=1S/C12H11Cl4NO3/c1-2-3-20-17-9(18)5-6(10(17)19)12(16)4-11(5,15)7(13)8(12)14/h5-6H,2-4H2,1H3/t5-,6-,11+,12+/m0/s1. The van der Waals surface area contributed by atoms with E-state index in [1.165, 1.54) is 0 Å². The Balaban J connectivity index is 2.03. The molecule has 0 unspecified atom stereocenters. The Labute approximate surface area is 135 Å². The maximum Gasteiger partial charge on any atom is 0.259 e. The van der Waals surface area contributed by atoms with Gasteiger partial charge in [-0.15, -0.1) is 23.2 Å². The fourth-order valence-electron chi connectivity index (χ4n) is 3.26. The summed E-state index contributed by atoms with van der Waals surface area (Å²) in [6.07, 6.45) is 0.847. The first-order chi connectivity index (χ1) is 9.29. The van der Waals surface area contributed by atoms with Crippen molar-refractivity contribution < 1.29 is 14.4 Å². The molecule has 0 radical (unpaired) electrons. The first kappa shape index (κ1) is 14.9. The quantitative estimate of drug-likeness (QED) is 0.575. The van der Waals surface area contributed by atoms with Gasteiger partial charge in [0.2, 0.25) is 0 Å². The number of halogens is 4. The minimum atomic E-state index is -1.21. The number of hydrogen-bond donors (Lipinski definition) is 0. The first-order valence-corrected chi connectivity index (χ1v) is 7.75. The van der Waals surface area contributed by atoms with Crippen LogP contribution in [0.15, 0.2) is 10.1 Å². The summed E-state index contributed by atoms with van der Waals surface area (Å²) in [7, 11) is 0. The summed E-state index contributed by atoms with van der Waals surface area (Å²) in [4.78, 5) is 27.6. The van der Waals surface area contributed by atoms with E-state index in [0.29, 0.717) is 6.42 Å². The Hall–Kier alpha value is -0.000000000000000167. The monoisotopic (exact) mass is 357 g/mol. The SMILES string of the molecule is CCCON1C(=O)[C@@H]2[C@@H](C1=O)[C@]1(Cl)C[C@]2(Cl)C(Cl)=C1Cl. The van der Waals surface area contributed by atoms with Crippen molar-refractivity contribution in [2.24, 2.45) is 11.8 Å². The van der Waals surface area contributed by atoms with Crippen LogP contribution in [0.25, 0.3) is 0 Å². The number of rotatable bonds is 3. The maximum absolute atomic E-state index is 12.4. The molecule has 2 amide bonds. The summed E-state index contributed by atoms with van der Waals surface area (Å²) in [6, 6.07) is 0. The number of nitrogens with zero attached hydrogens (tertiary/aromatic N) is 1. The zero-order valence-corrected chi connectivity index (χ0v) is 13.5. The summed E-state index contributed by atoms with van der Waals surface area (Å²) >= 11 is 25.2. The molecule has 4 nitrogen and oxygen atoms in total. The van der Waals surface area contributed by atoms with Crippen LogP contribution in [-0.4, -0.2) is 33.2 Å². The van der Waals surface area contributed by atoms with Crippen molar-refractivity contribution >= 4 is 58.2 Å². The summed E-state index contributed by atoms with van der Waals surface area (Å²) in [6.45, 7) is 2.13. The molecule has 0 N–H and O–H groups in total. The van der Waals surface area contributed by atoms with E-state index in [2.05, 4.69) is 0 Å². The van der Waals surface area contributed by atoms with E-state index in [-0.39, 0.29) is 23.1 Å². The van der Waals surface area contributed by atoms with Gasteiger partial charge in [-0.3, -0.25) is 14.4 Å². The normalized spacial score (nSPS) is 43.0. The van der Waals surface area contributed by atoms with Gasteiger partial charge in [0.1, 0.15) is 0 Å². The van der Waals surface area contributed by atoms with E-state index < -0.39 is 33.4 Å². The summed E-state index contributed by atoms with van der Waals surface area (Å²) in [5.74, 6) is -2.62. The number of fused-ring (bicyclic) bond motifs is 5. The zero-order valence-electron chi connectivity index (χ0n) is 10.5. The van der Waals surface area contributed by atoms with Crippen molar-refractivity contribution in [3.63, 3.8) is 0 Å². The Bertz CT molecular complexity index is 509. The van der Waals surface area contributed by atoms with Gasteiger partial charge in [-0.1, -0.05) is 30.1 Å². The molecular weight excluding hydrogens is 348 g/mol. The fourth-order valence-corrected chi connectivity index (χ4v) is 5.18. The molecule has 1 saturated carbocycles. The van der Waals surface area contributed by atoms with Gasteiger partial charge >= 0.3 is 0 Å². The summed E-state index contributed by atoms with van der Waals surface area (Å²) < 4.78 is 0. The lowest BCUT2D eigenvalue weighted by atomic mass is 9.84. The van der Waals surface area contributed by atoms with Crippen LogP contribution in [0.3, 0.4) is 0 Å². The van der Waals surface area contributed by atoms with Crippen LogP contribution in [0.5, 0.6) is 0 Å². The smallest absolute Gasteiger partial charge is 0.259 e. The van der Waals surface area contributed by atoms with E-state index >= 15 is 0 Å². The molecule has 1 heterocycles. The van der Waals surface area contributed by atoms with Crippen LogP contribution in [0.1, 0.15) is 19.8 Å². The zero-order chi connectivity index (χ0) is 14.9. The number of hydrogen-bond acceptors (Lipinski definition) is 3. The number of allylic oxidation sites excluding steroid dienone is 2. The average molecular weight is 359 g/mol. The second kappa shape index (κ2) is 4.50. The predicted molar refractivity (Wildman–Crippen MR) is 75.6 cm³/mol. The van der Waals surface area contributed by atoms with Crippen LogP contribution in [0.2, 0.25) is 0 Å². The van der Waals surface area contributed by atoms with Gasteiger partial charge in [-0.2, -0.15) is 5.06 Å². The number of amides is 2. The molecule has 1 saturated heterocycles. The highest BCUT2D eigenvalue weighted by atomic mass is 35.5. The molecular formula is C12H11Cl4NO3. The fraction of sp³-hybridized carbons (Fsp3) is 0.667. The van der Waals surface area contributed by atoms with Crippen molar-refractivity contribution in [1.82, 2.24) is 5.06 Å². The van der Waals surface area contributed by atoms with Crippen molar-refractivity contribution in [1.29, 1.82) is 0 Å². The Morgan fingerprint density at radius 2 is 1.60 bits per heavy atom. The minimum absolute atomic E-state index is 0.163. The topological polar surface area (TPSA) is 46.6 Å². The second-order valence-corrected chi connectivity index (χ2v) is 7.39. The summed E-state index contributed by atoms with van der Waals surface area (Å²) in [5, 5.41) is 1.09. The molecule has 20 heavy (non-hydrogen) atoms. The molecule has 3 aliphatic rings. The van der Waals surface area contributed by atoms with E-state index in [0.717, 1.165) is 5.06 Å². The molecule has 0 aromatic heterocycles. The largest absolute Gasteiger partial charge is 0.272 e. The Kier molecular flexibility index (Phi) is 3.35. The third-order valence-corrected chi connectivity index (χ3v) is 6.57. The molecule has 2 bridgehead atoms. The molecule has 0 aromatic carbocycles. The Morgan fingerprint density at radius 1 is 1.15 bits per heavy atom. The van der Waals surface area contributed by atoms with Crippen LogP contribution >= 0.6 is 46.4 Å². The van der Waals surface area contributed by atoms with E-state index in [1.54, 1.807) is 0 Å². The van der Waals surface area contributed by atoms with Crippen molar-refractivity contribution in [3.05, 3.63) is 10.1 Å². The molecule has 110 valence electrons. The van der Waals surface area contributed by atoms with Gasteiger partial charge in [-0.05, 0) is 12.8 Å². The van der Waals surface area contributed by atoms with Crippen LogP contribution in [0.4, 0.5) is 0 Å². The molecule has 3 rings (SSSR count). The average Bonchev–Trinajstić information content (AvgIpc) is 2.86. The maximum atomic E-state index is 12.4. The van der Waals surface area contributed by atoms with E-state index in [9.17, 15) is 9.59 Å². The van der Waals surface area contributed by atoms with Crippen molar-refractivity contribution in [2.75, 3.05) is 6.61 Å². The van der Waals surface area contributed by atoms with Gasteiger partial charge in [0, 0.05) is 0 Å². The van der Waals surface area contributed by atoms with Crippen LogP contribution in [0, 0.1) is 11.8 Å². The van der Waals surface area contributed by atoms with E-state index in [4.69, 9.17) is 51.2 Å². The highest BCUT2D eigenvalue weighted by Gasteiger charge is 2.76. The number of hydroxylamine groups is 2. The Morgan fingerprint density at radius 3 is 2.00 bits per heavy atom. The lowest BCUT2D eigenvalue weighted by Crippen LogP contribution is -2.38. The van der Waals surface area contributed by atoms with Gasteiger partial charge in [0.15, 0.2) is 0 Å². The van der Waals surface area contributed by atoms with Gasteiger partial charge in [0.25, 0.3) is 11.8 Å². The number of alkyl halides is 2. The number of carbonyl (C=O) groups excluding carboxylic acids is 2. The van der Waals surface area contributed by atoms with Crippen molar-refractivity contribution in [2.45, 2.75) is 29.5 Å². The second-order valence-electron chi connectivity index (χ2n) is 5.29. The lowest BCUT2D eigenvalue weighted by Gasteiger charge is -2.28. The lowest BCUT2D eigenvalue weighted by molar-refractivity contribution is -0.190. The third kappa shape index (κ3) is 1.55. The van der Waals surface area contributed by atoms with E-state index in [1.807, 2.05) is 6.92 Å². The molecule has 4 atom stereocenters. The molecule has 0 spiro atoms. The summed E-state index contributed by atoms with van der Waals surface area (Å²) in [5.41, 5.74) is 0. The third-order valence-electron chi connectivity index (χ3n) is 4.11. The molecule has 1 aliphatic heterocycles. The van der Waals surface area contributed by atoms with Crippen LogP contribution in [-0.2, 0) is 14.4 Å². The number of imide groups is 1. The highest BCUT2D eigenvalue weighted by Crippen LogP contribution is 2.69. The number of carbonyl (C=O) groups is 2. The highest BCUT2D eigenvalue weighted by molar-refractivity contribution is 6.52. The predicted octanol–water partition coefficient (Wildman–Crippen LogP) is 2.99. The van der Waals surface area contributed by atoms with Gasteiger partial charge in [-0.25, -0.2) is 0 Å².